The van der Waals surface area contributed by atoms with Crippen LogP contribution in [0.2, 0.25) is 0 Å². The van der Waals surface area contributed by atoms with E-state index in [0.29, 0.717) is 11.2 Å². The molecule has 0 bridgehead atoms. The van der Waals surface area contributed by atoms with Crippen molar-refractivity contribution in [1.82, 2.24) is 15.1 Å². The van der Waals surface area contributed by atoms with Crippen LogP contribution in [0.5, 0.6) is 0 Å². The number of benzene rings is 1. The molecule has 0 radical (unpaired) electrons. The minimum absolute atomic E-state index is 0.367. The van der Waals surface area contributed by atoms with Crippen molar-refractivity contribution >= 4 is 34.4 Å². The third kappa shape index (κ3) is 5.25. The Kier molecular flexibility index (Phi) is 6.42. The Balaban J connectivity index is 1.59. The molecule has 2 aromatic rings. The first kappa shape index (κ1) is 18.3. The molecule has 2 heterocycles. The van der Waals surface area contributed by atoms with Gasteiger partial charge in [0.15, 0.2) is 5.11 Å². The second-order valence-corrected chi connectivity index (χ2v) is 7.96. The van der Waals surface area contributed by atoms with E-state index in [2.05, 4.69) is 64.1 Å². The highest BCUT2D eigenvalue weighted by molar-refractivity contribution is 7.80. The molecular weight excluding hydrogens is 348 g/mol. The van der Waals surface area contributed by atoms with Crippen molar-refractivity contribution in [3.63, 3.8) is 0 Å². The van der Waals surface area contributed by atoms with Gasteiger partial charge in [-0.3, -0.25) is 4.90 Å². The molecule has 0 amide bonds. The van der Waals surface area contributed by atoms with Gasteiger partial charge in [0.2, 0.25) is 0 Å². The van der Waals surface area contributed by atoms with Gasteiger partial charge in [-0.2, -0.15) is 0 Å². The first-order valence-electron chi connectivity index (χ1n) is 8.69. The fourth-order valence-corrected chi connectivity index (χ4v) is 4.17. The van der Waals surface area contributed by atoms with Gasteiger partial charge in [0, 0.05) is 43.3 Å². The molecule has 2 N–H and O–H groups in total. The Morgan fingerprint density at radius 1 is 1.20 bits per heavy atom. The van der Waals surface area contributed by atoms with Crippen LogP contribution in [0.25, 0.3) is 0 Å². The van der Waals surface area contributed by atoms with Gasteiger partial charge in [-0.25, -0.2) is 0 Å². The zero-order valence-electron chi connectivity index (χ0n) is 14.9. The standard InChI is InChI=1S/C19H26N4S2/c1-15-5-3-6-16(13-15)21-19(24)20-14-17(18-7-4-12-25-18)23-10-8-22(2)9-11-23/h3-7,12-13,17H,8-11,14H2,1-2H3,(H2,20,21,24). The predicted molar refractivity (Wildman–Crippen MR) is 112 cm³/mol. The second kappa shape index (κ2) is 8.76. The number of hydrogen-bond donors (Lipinski definition) is 2. The fraction of sp³-hybridized carbons (Fsp3) is 0.421. The lowest BCUT2D eigenvalue weighted by atomic mass is 10.1. The van der Waals surface area contributed by atoms with E-state index in [-0.39, 0.29) is 0 Å². The molecule has 25 heavy (non-hydrogen) atoms. The summed E-state index contributed by atoms with van der Waals surface area (Å²) in [5.74, 6) is 0. The molecule has 1 saturated heterocycles. The normalized spacial score (nSPS) is 17.2. The van der Waals surface area contributed by atoms with Crippen molar-refractivity contribution in [3.8, 4) is 0 Å². The number of nitrogens with one attached hydrogen (secondary N) is 2. The van der Waals surface area contributed by atoms with Crippen molar-refractivity contribution in [3.05, 3.63) is 52.2 Å². The summed E-state index contributed by atoms with van der Waals surface area (Å²) in [7, 11) is 2.19. The molecule has 4 nitrogen and oxygen atoms in total. The first-order chi connectivity index (χ1) is 12.1. The first-order valence-corrected chi connectivity index (χ1v) is 9.98. The molecule has 0 saturated carbocycles. The van der Waals surface area contributed by atoms with Crippen molar-refractivity contribution in [1.29, 1.82) is 0 Å². The molecule has 1 unspecified atom stereocenters. The number of thiophene rings is 1. The van der Waals surface area contributed by atoms with Crippen LogP contribution in [-0.2, 0) is 0 Å². The number of likely N-dealkylation sites (N-methyl/N-ethyl adjacent to an activating group) is 1. The third-order valence-corrected chi connectivity index (χ3v) is 5.80. The highest BCUT2D eigenvalue weighted by Gasteiger charge is 2.24. The molecule has 134 valence electrons. The zero-order valence-corrected chi connectivity index (χ0v) is 16.5. The van der Waals surface area contributed by atoms with E-state index in [0.717, 1.165) is 38.4 Å². The smallest absolute Gasteiger partial charge is 0.170 e. The average Bonchev–Trinajstić information content (AvgIpc) is 3.11. The van der Waals surface area contributed by atoms with E-state index >= 15 is 0 Å². The van der Waals surface area contributed by atoms with E-state index < -0.39 is 0 Å². The van der Waals surface area contributed by atoms with Crippen LogP contribution < -0.4 is 10.6 Å². The maximum atomic E-state index is 5.50. The van der Waals surface area contributed by atoms with Gasteiger partial charge in [0.1, 0.15) is 0 Å². The van der Waals surface area contributed by atoms with Gasteiger partial charge in [-0.05, 0) is 55.3 Å². The van der Waals surface area contributed by atoms with Crippen molar-refractivity contribution in [2.75, 3.05) is 45.1 Å². The summed E-state index contributed by atoms with van der Waals surface area (Å²) in [5.41, 5.74) is 2.26. The van der Waals surface area contributed by atoms with Crippen molar-refractivity contribution in [2.24, 2.45) is 0 Å². The summed E-state index contributed by atoms with van der Waals surface area (Å²) in [4.78, 5) is 6.35. The van der Waals surface area contributed by atoms with Gasteiger partial charge < -0.3 is 15.5 Å². The van der Waals surface area contributed by atoms with Gasteiger partial charge in [-0.15, -0.1) is 11.3 Å². The zero-order chi connectivity index (χ0) is 17.6. The van der Waals surface area contributed by atoms with Crippen molar-refractivity contribution < 1.29 is 0 Å². The predicted octanol–water partition coefficient (Wildman–Crippen LogP) is 3.33. The van der Waals surface area contributed by atoms with Gasteiger partial charge in [0.25, 0.3) is 0 Å². The SMILES string of the molecule is Cc1cccc(NC(=S)NCC(c2cccs2)N2CCN(C)CC2)c1. The molecule has 1 aromatic carbocycles. The molecule has 0 aliphatic carbocycles. The number of thiocarbonyl (C=S) groups is 1. The van der Waals surface area contributed by atoms with E-state index in [1.807, 2.05) is 23.5 Å². The minimum atomic E-state index is 0.367. The molecule has 1 fully saturated rings. The summed E-state index contributed by atoms with van der Waals surface area (Å²) in [5, 5.41) is 9.55. The number of rotatable bonds is 5. The second-order valence-electron chi connectivity index (χ2n) is 6.57. The molecule has 1 aliphatic heterocycles. The minimum Gasteiger partial charge on any atom is -0.360 e. The Morgan fingerprint density at radius 2 is 2.00 bits per heavy atom. The quantitative estimate of drug-likeness (QED) is 0.784. The van der Waals surface area contributed by atoms with Gasteiger partial charge in [0.05, 0.1) is 6.04 Å². The molecule has 0 spiro atoms. The Bertz CT molecular complexity index is 678. The van der Waals surface area contributed by atoms with Crippen LogP contribution in [0, 0.1) is 6.92 Å². The summed E-state index contributed by atoms with van der Waals surface area (Å²) in [6.07, 6.45) is 0. The molecule has 6 heteroatoms. The monoisotopic (exact) mass is 374 g/mol. The lowest BCUT2D eigenvalue weighted by Gasteiger charge is -2.37. The van der Waals surface area contributed by atoms with E-state index in [1.54, 1.807) is 0 Å². The number of piperazine rings is 1. The maximum Gasteiger partial charge on any atom is 0.170 e. The number of aryl methyl sites for hydroxylation is 1. The lowest BCUT2D eigenvalue weighted by Crippen LogP contribution is -2.48. The molecule has 3 rings (SSSR count). The van der Waals surface area contributed by atoms with E-state index in [4.69, 9.17) is 12.2 Å². The van der Waals surface area contributed by atoms with Crippen LogP contribution in [0.3, 0.4) is 0 Å². The molecular formula is C19H26N4S2. The van der Waals surface area contributed by atoms with Crippen LogP contribution in [0.1, 0.15) is 16.5 Å². The third-order valence-electron chi connectivity index (χ3n) is 4.58. The van der Waals surface area contributed by atoms with Crippen LogP contribution in [0.4, 0.5) is 5.69 Å². The number of nitrogens with zero attached hydrogens (tertiary/aromatic N) is 2. The van der Waals surface area contributed by atoms with Gasteiger partial charge >= 0.3 is 0 Å². The van der Waals surface area contributed by atoms with E-state index in [9.17, 15) is 0 Å². The van der Waals surface area contributed by atoms with Crippen LogP contribution >= 0.6 is 23.6 Å². The highest BCUT2D eigenvalue weighted by Crippen LogP contribution is 2.25. The molecule has 1 atom stereocenters. The average molecular weight is 375 g/mol. The maximum absolute atomic E-state index is 5.50. The largest absolute Gasteiger partial charge is 0.360 e. The summed E-state index contributed by atoms with van der Waals surface area (Å²) < 4.78 is 0. The van der Waals surface area contributed by atoms with Gasteiger partial charge in [-0.1, -0.05) is 18.2 Å². The lowest BCUT2D eigenvalue weighted by molar-refractivity contribution is 0.114. The Hall–Kier alpha value is -1.47. The summed E-state index contributed by atoms with van der Waals surface area (Å²) in [6.45, 7) is 7.34. The summed E-state index contributed by atoms with van der Waals surface area (Å²) in [6, 6.07) is 13.0. The highest BCUT2D eigenvalue weighted by atomic mass is 32.1. The van der Waals surface area contributed by atoms with Crippen LogP contribution in [-0.4, -0.2) is 54.7 Å². The number of anilines is 1. The van der Waals surface area contributed by atoms with Crippen LogP contribution in [0.15, 0.2) is 41.8 Å². The molecule has 1 aromatic heterocycles. The fourth-order valence-electron chi connectivity index (χ4n) is 3.11. The number of hydrogen-bond acceptors (Lipinski definition) is 4. The van der Waals surface area contributed by atoms with Crippen molar-refractivity contribution in [2.45, 2.75) is 13.0 Å². The molecule has 1 aliphatic rings. The Labute approximate surface area is 159 Å². The Morgan fingerprint density at radius 3 is 2.68 bits per heavy atom. The summed E-state index contributed by atoms with van der Waals surface area (Å²) >= 11 is 7.33. The van der Waals surface area contributed by atoms with E-state index in [1.165, 1.54) is 10.4 Å². The topological polar surface area (TPSA) is 30.5 Å².